The van der Waals surface area contributed by atoms with Crippen LogP contribution < -0.4 is 0 Å². The van der Waals surface area contributed by atoms with Crippen molar-refractivity contribution >= 4 is 5.97 Å². The van der Waals surface area contributed by atoms with Gasteiger partial charge < -0.3 is 9.94 Å². The molecule has 25 heavy (non-hydrogen) atoms. The Morgan fingerprint density at radius 1 is 1.12 bits per heavy atom. The van der Waals surface area contributed by atoms with Crippen LogP contribution in [0.15, 0.2) is 0 Å². The number of carboxylic acid groups (broad SMARTS) is 1. The van der Waals surface area contributed by atoms with Crippen molar-refractivity contribution in [1.29, 1.82) is 0 Å². The lowest BCUT2D eigenvalue weighted by atomic mass is 9.45. The van der Waals surface area contributed by atoms with Gasteiger partial charge >= 0.3 is 5.97 Å². The Balaban J connectivity index is 1.55. The molecule has 7 atom stereocenters. The molecule has 6 heteroatoms. The van der Waals surface area contributed by atoms with Crippen LogP contribution >= 0.6 is 0 Å². The highest BCUT2D eigenvalue weighted by Crippen LogP contribution is 2.66. The van der Waals surface area contributed by atoms with E-state index >= 15 is 0 Å². The molecule has 0 aliphatic heterocycles. The molecule has 4 saturated carbocycles. The Bertz CT molecular complexity index is 580. The first-order valence-electron chi connectivity index (χ1n) is 9.91. The number of carboxylic acids is 1. The first-order chi connectivity index (χ1) is 11.9. The van der Waals surface area contributed by atoms with Gasteiger partial charge in [0.25, 0.3) is 5.09 Å². The molecule has 140 valence electrons. The number of fused-ring (bicyclic) bond motifs is 5. The molecule has 0 spiro atoms. The molecule has 4 rings (SSSR count). The van der Waals surface area contributed by atoms with Crippen molar-refractivity contribution in [3.63, 3.8) is 0 Å². The second-order valence-electron chi connectivity index (χ2n) is 9.27. The van der Waals surface area contributed by atoms with Gasteiger partial charge in [-0.3, -0.25) is 4.79 Å². The molecular formula is C19H29NO5. The maximum Gasteiger partial charge on any atom is 0.309 e. The van der Waals surface area contributed by atoms with Crippen LogP contribution in [0, 0.1) is 44.6 Å². The van der Waals surface area contributed by atoms with Crippen molar-refractivity contribution in [2.75, 3.05) is 0 Å². The van der Waals surface area contributed by atoms with Crippen molar-refractivity contribution in [1.82, 2.24) is 0 Å². The summed E-state index contributed by atoms with van der Waals surface area (Å²) in [5.74, 6) is 1.37. The summed E-state index contributed by atoms with van der Waals surface area (Å²) < 4.78 is 0. The molecule has 1 unspecified atom stereocenters. The van der Waals surface area contributed by atoms with Crippen LogP contribution in [-0.4, -0.2) is 22.3 Å². The third kappa shape index (κ3) is 2.47. The molecule has 1 N–H and O–H groups in total. The maximum atomic E-state index is 12.1. The molecule has 4 aliphatic carbocycles. The molecule has 4 fully saturated rings. The maximum absolute atomic E-state index is 12.1. The predicted octanol–water partition coefficient (Wildman–Crippen LogP) is 4.06. The molecule has 6 nitrogen and oxygen atoms in total. The quantitative estimate of drug-likeness (QED) is 0.612. The van der Waals surface area contributed by atoms with Crippen molar-refractivity contribution in [3.8, 4) is 0 Å². The number of aliphatic carboxylic acids is 1. The molecular weight excluding hydrogens is 322 g/mol. The van der Waals surface area contributed by atoms with Crippen molar-refractivity contribution in [2.24, 2.45) is 34.5 Å². The average Bonchev–Trinajstić information content (AvgIpc) is 3.00. The number of hydrogen-bond donors (Lipinski definition) is 1. The van der Waals surface area contributed by atoms with Gasteiger partial charge in [0.15, 0.2) is 0 Å². The van der Waals surface area contributed by atoms with Gasteiger partial charge in [-0.2, -0.15) is 0 Å². The Labute approximate surface area is 148 Å². The molecule has 0 amide bonds. The van der Waals surface area contributed by atoms with Crippen molar-refractivity contribution in [3.05, 3.63) is 10.1 Å². The zero-order valence-electron chi connectivity index (χ0n) is 15.0. The van der Waals surface area contributed by atoms with Gasteiger partial charge in [-0.1, -0.05) is 13.3 Å². The summed E-state index contributed by atoms with van der Waals surface area (Å²) in [5.41, 5.74) is -0.261. The van der Waals surface area contributed by atoms with Gasteiger partial charge in [0, 0.05) is 0 Å². The molecule has 4 aliphatic rings. The molecule has 0 saturated heterocycles. The lowest BCUT2D eigenvalue weighted by Crippen LogP contribution is -2.55. The monoisotopic (exact) mass is 351 g/mol. The van der Waals surface area contributed by atoms with E-state index in [4.69, 9.17) is 4.84 Å². The highest BCUT2D eigenvalue weighted by molar-refractivity contribution is 5.75. The third-order valence-electron chi connectivity index (χ3n) is 8.62. The number of hydrogen-bond acceptors (Lipinski definition) is 4. The van der Waals surface area contributed by atoms with E-state index in [1.807, 2.05) is 0 Å². The molecule has 0 aromatic carbocycles. The summed E-state index contributed by atoms with van der Waals surface area (Å²) in [5, 5.41) is 20.0. The topological polar surface area (TPSA) is 89.7 Å². The van der Waals surface area contributed by atoms with Crippen LogP contribution in [0.2, 0.25) is 0 Å². The van der Waals surface area contributed by atoms with Crippen molar-refractivity contribution in [2.45, 2.75) is 77.2 Å². The number of nitrogens with zero attached hydrogens (tertiary/aromatic N) is 1. The molecule has 0 heterocycles. The zero-order chi connectivity index (χ0) is 17.8. The Kier molecular flexibility index (Phi) is 4.00. The highest BCUT2D eigenvalue weighted by Gasteiger charge is 2.61. The normalized spacial score (nSPS) is 48.8. The van der Waals surface area contributed by atoms with Crippen LogP contribution in [0.4, 0.5) is 0 Å². The Morgan fingerprint density at radius 3 is 2.64 bits per heavy atom. The third-order valence-corrected chi connectivity index (χ3v) is 8.62. The summed E-state index contributed by atoms with van der Waals surface area (Å²) in [6.07, 6.45) is 9.25. The smallest absolute Gasteiger partial charge is 0.309 e. The molecule has 0 radical (unpaired) electrons. The Hall–Kier alpha value is -1.33. The minimum atomic E-state index is -0.640. The lowest BCUT2D eigenvalue weighted by Gasteiger charge is -2.60. The van der Waals surface area contributed by atoms with E-state index in [9.17, 15) is 20.0 Å². The molecule has 0 aromatic heterocycles. The highest BCUT2D eigenvalue weighted by atomic mass is 17.0. The standard InChI is InChI=1S/C19H29NO5/c1-18-9-6-13(25-20(23)24)11-12(18)4-5-14-15(18)7-10-19(17(21)22)8-2-3-16(14)19/h12-16H,2-11H2,1H3,(H,21,22)/t12?,13-,14-,15+,16+,18+,19-/m1/s1. The lowest BCUT2D eigenvalue weighted by molar-refractivity contribution is -0.770. The molecule has 0 bridgehead atoms. The van der Waals surface area contributed by atoms with Gasteiger partial charge in [-0.15, -0.1) is 10.1 Å². The fraction of sp³-hybridized carbons (Fsp3) is 0.947. The number of rotatable bonds is 3. The summed E-state index contributed by atoms with van der Waals surface area (Å²) in [6.45, 7) is 2.37. The van der Waals surface area contributed by atoms with Crippen LogP contribution in [0.5, 0.6) is 0 Å². The minimum Gasteiger partial charge on any atom is -0.481 e. The minimum absolute atomic E-state index is 0.201. The first kappa shape index (κ1) is 17.1. The van der Waals surface area contributed by atoms with E-state index in [-0.39, 0.29) is 11.5 Å². The summed E-state index contributed by atoms with van der Waals surface area (Å²) in [7, 11) is 0. The largest absolute Gasteiger partial charge is 0.481 e. The van der Waals surface area contributed by atoms with E-state index in [1.54, 1.807) is 0 Å². The summed E-state index contributed by atoms with van der Waals surface area (Å²) in [6, 6.07) is 0. The average molecular weight is 351 g/mol. The van der Waals surface area contributed by atoms with E-state index in [1.165, 1.54) is 0 Å². The number of carbonyl (C=O) groups is 1. The predicted molar refractivity (Wildman–Crippen MR) is 90.2 cm³/mol. The SMILES string of the molecule is C[C@]12CC[C@@H](O[N+](=O)[O-])CC1CC[C@H]1[C@@H]3CCC[C@@]3(C(=O)O)CC[C@@H]12. The van der Waals surface area contributed by atoms with Crippen LogP contribution in [-0.2, 0) is 9.63 Å². The van der Waals surface area contributed by atoms with Crippen LogP contribution in [0.25, 0.3) is 0 Å². The van der Waals surface area contributed by atoms with Crippen molar-refractivity contribution < 1.29 is 19.8 Å². The summed E-state index contributed by atoms with van der Waals surface area (Å²) in [4.78, 5) is 27.6. The van der Waals surface area contributed by atoms with Crippen LogP contribution in [0.1, 0.15) is 71.1 Å². The Morgan fingerprint density at radius 2 is 1.92 bits per heavy atom. The second kappa shape index (κ2) is 5.85. The van der Waals surface area contributed by atoms with E-state index in [0.717, 1.165) is 64.2 Å². The van der Waals surface area contributed by atoms with E-state index in [2.05, 4.69) is 6.92 Å². The first-order valence-corrected chi connectivity index (χ1v) is 9.91. The van der Waals surface area contributed by atoms with Gasteiger partial charge in [-0.25, -0.2) is 0 Å². The van der Waals surface area contributed by atoms with Gasteiger partial charge in [0.2, 0.25) is 0 Å². The fourth-order valence-electron chi connectivity index (χ4n) is 7.46. The summed E-state index contributed by atoms with van der Waals surface area (Å²) >= 11 is 0. The van der Waals surface area contributed by atoms with Gasteiger partial charge in [0.05, 0.1) is 5.41 Å². The zero-order valence-corrected chi connectivity index (χ0v) is 15.0. The second-order valence-corrected chi connectivity index (χ2v) is 9.27. The molecule has 0 aromatic rings. The van der Waals surface area contributed by atoms with Gasteiger partial charge in [0.1, 0.15) is 6.10 Å². The van der Waals surface area contributed by atoms with Crippen LogP contribution in [0.3, 0.4) is 0 Å². The van der Waals surface area contributed by atoms with E-state index in [0.29, 0.717) is 23.7 Å². The van der Waals surface area contributed by atoms with Gasteiger partial charge in [-0.05, 0) is 86.9 Å². The van der Waals surface area contributed by atoms with E-state index < -0.39 is 16.5 Å². The fourth-order valence-corrected chi connectivity index (χ4v) is 7.46.